The van der Waals surface area contributed by atoms with Crippen LogP contribution in [0.4, 0.5) is 0 Å². The number of hydrogen-bond acceptors (Lipinski definition) is 2. The van der Waals surface area contributed by atoms with E-state index >= 15 is 0 Å². The van der Waals surface area contributed by atoms with Crippen LogP contribution in [0.15, 0.2) is 22.7 Å². The molecule has 0 bridgehead atoms. The molecule has 3 nitrogen and oxygen atoms in total. The van der Waals surface area contributed by atoms with Gasteiger partial charge < -0.3 is 11.1 Å². The molecule has 0 aliphatic heterocycles. The van der Waals surface area contributed by atoms with Gasteiger partial charge in [-0.1, -0.05) is 29.8 Å². The highest BCUT2D eigenvalue weighted by molar-refractivity contribution is 9.10. The van der Waals surface area contributed by atoms with Gasteiger partial charge in [0.1, 0.15) is 0 Å². The SMILES string of the molecule is Cc1cc(Br)cc(C(=O)NC(CN)CC(C)C)c1. The molecule has 0 saturated carbocycles. The predicted octanol–water partition coefficient (Wildman–Crippen LogP) is 2.86. The quantitative estimate of drug-likeness (QED) is 0.878. The van der Waals surface area contributed by atoms with Crippen molar-refractivity contribution in [2.45, 2.75) is 33.2 Å². The van der Waals surface area contributed by atoms with E-state index in [-0.39, 0.29) is 11.9 Å². The Morgan fingerprint density at radius 3 is 2.56 bits per heavy atom. The first-order valence-electron chi connectivity index (χ1n) is 6.20. The summed E-state index contributed by atoms with van der Waals surface area (Å²) < 4.78 is 0.917. The molecule has 3 N–H and O–H groups in total. The minimum absolute atomic E-state index is 0.0387. The zero-order chi connectivity index (χ0) is 13.7. The van der Waals surface area contributed by atoms with Gasteiger partial charge >= 0.3 is 0 Å². The minimum Gasteiger partial charge on any atom is -0.348 e. The summed E-state index contributed by atoms with van der Waals surface area (Å²) in [5.41, 5.74) is 7.41. The van der Waals surface area contributed by atoms with Gasteiger partial charge in [0.25, 0.3) is 5.91 Å². The summed E-state index contributed by atoms with van der Waals surface area (Å²) in [5, 5.41) is 2.98. The molecule has 0 heterocycles. The molecule has 0 saturated heterocycles. The van der Waals surface area contributed by atoms with Crippen LogP contribution >= 0.6 is 15.9 Å². The number of carbonyl (C=O) groups excluding carboxylic acids is 1. The van der Waals surface area contributed by atoms with Crippen LogP contribution in [-0.4, -0.2) is 18.5 Å². The van der Waals surface area contributed by atoms with Crippen LogP contribution < -0.4 is 11.1 Å². The molecule has 18 heavy (non-hydrogen) atoms. The Labute approximate surface area is 117 Å². The second kappa shape index (κ2) is 6.90. The molecule has 0 spiro atoms. The third-order valence-electron chi connectivity index (χ3n) is 2.68. The first-order chi connectivity index (χ1) is 8.42. The Morgan fingerprint density at radius 1 is 1.39 bits per heavy atom. The van der Waals surface area contributed by atoms with Gasteiger partial charge in [0.15, 0.2) is 0 Å². The van der Waals surface area contributed by atoms with E-state index in [1.807, 2.05) is 25.1 Å². The van der Waals surface area contributed by atoms with Gasteiger partial charge in [-0.2, -0.15) is 0 Å². The Balaban J connectivity index is 2.74. The van der Waals surface area contributed by atoms with Crippen molar-refractivity contribution in [3.8, 4) is 0 Å². The maximum absolute atomic E-state index is 12.1. The second-order valence-corrected chi connectivity index (χ2v) is 5.97. The number of aryl methyl sites for hydroxylation is 1. The van der Waals surface area contributed by atoms with E-state index in [0.717, 1.165) is 16.5 Å². The Morgan fingerprint density at radius 2 is 2.06 bits per heavy atom. The van der Waals surface area contributed by atoms with E-state index in [9.17, 15) is 4.79 Å². The fourth-order valence-corrected chi connectivity index (χ4v) is 2.53. The number of benzene rings is 1. The van der Waals surface area contributed by atoms with Gasteiger partial charge in [-0.3, -0.25) is 4.79 Å². The van der Waals surface area contributed by atoms with Crippen LogP contribution in [0.3, 0.4) is 0 Å². The normalized spacial score (nSPS) is 12.6. The minimum atomic E-state index is -0.0597. The maximum Gasteiger partial charge on any atom is 0.251 e. The first kappa shape index (κ1) is 15.2. The zero-order valence-electron chi connectivity index (χ0n) is 11.2. The standard InChI is InChI=1S/C14H21BrN2O/c1-9(2)4-13(8-16)17-14(18)11-5-10(3)6-12(15)7-11/h5-7,9,13H,4,8,16H2,1-3H3,(H,17,18). The number of hydrogen-bond donors (Lipinski definition) is 2. The summed E-state index contributed by atoms with van der Waals surface area (Å²) in [4.78, 5) is 12.1. The molecule has 1 rings (SSSR count). The Hall–Kier alpha value is -0.870. The summed E-state index contributed by atoms with van der Waals surface area (Å²) in [7, 11) is 0. The van der Waals surface area contributed by atoms with Gasteiger partial charge in [-0.05, 0) is 43.0 Å². The number of rotatable bonds is 5. The summed E-state index contributed by atoms with van der Waals surface area (Å²) >= 11 is 3.40. The molecule has 0 aromatic heterocycles. The number of carbonyl (C=O) groups is 1. The van der Waals surface area contributed by atoms with Gasteiger partial charge in [-0.15, -0.1) is 0 Å². The van der Waals surface area contributed by atoms with Crippen molar-refractivity contribution in [1.82, 2.24) is 5.32 Å². The smallest absolute Gasteiger partial charge is 0.251 e. The van der Waals surface area contributed by atoms with Crippen LogP contribution in [0.1, 0.15) is 36.2 Å². The molecule has 1 amide bonds. The molecule has 1 aromatic carbocycles. The third-order valence-corrected chi connectivity index (χ3v) is 3.14. The lowest BCUT2D eigenvalue weighted by Crippen LogP contribution is -2.41. The molecular weight excluding hydrogens is 292 g/mol. The van der Waals surface area contributed by atoms with Crippen molar-refractivity contribution >= 4 is 21.8 Å². The van der Waals surface area contributed by atoms with E-state index in [1.165, 1.54) is 0 Å². The summed E-state index contributed by atoms with van der Waals surface area (Å²) in [6, 6.07) is 5.72. The van der Waals surface area contributed by atoms with Gasteiger partial charge in [0, 0.05) is 22.6 Å². The second-order valence-electron chi connectivity index (χ2n) is 5.05. The Kier molecular flexibility index (Phi) is 5.82. The molecule has 1 aromatic rings. The molecule has 0 fully saturated rings. The van der Waals surface area contributed by atoms with Crippen molar-refractivity contribution in [2.24, 2.45) is 11.7 Å². The number of amides is 1. The maximum atomic E-state index is 12.1. The highest BCUT2D eigenvalue weighted by atomic mass is 79.9. The van der Waals surface area contributed by atoms with Crippen molar-refractivity contribution in [3.63, 3.8) is 0 Å². The van der Waals surface area contributed by atoms with E-state index < -0.39 is 0 Å². The monoisotopic (exact) mass is 312 g/mol. The van der Waals surface area contributed by atoms with Gasteiger partial charge in [0.05, 0.1) is 0 Å². The average molecular weight is 313 g/mol. The van der Waals surface area contributed by atoms with Crippen molar-refractivity contribution < 1.29 is 4.79 Å². The molecule has 0 aliphatic carbocycles. The van der Waals surface area contributed by atoms with Crippen molar-refractivity contribution in [3.05, 3.63) is 33.8 Å². The summed E-state index contributed by atoms with van der Waals surface area (Å²) in [6.45, 7) is 6.68. The van der Waals surface area contributed by atoms with Crippen LogP contribution in [0.5, 0.6) is 0 Å². The van der Waals surface area contributed by atoms with E-state index in [4.69, 9.17) is 5.73 Å². The summed E-state index contributed by atoms with van der Waals surface area (Å²) in [6.07, 6.45) is 0.898. The highest BCUT2D eigenvalue weighted by Crippen LogP contribution is 2.15. The molecule has 4 heteroatoms. The van der Waals surface area contributed by atoms with E-state index in [0.29, 0.717) is 18.0 Å². The number of nitrogens with two attached hydrogens (primary N) is 1. The van der Waals surface area contributed by atoms with Crippen LogP contribution in [0, 0.1) is 12.8 Å². The predicted molar refractivity (Wildman–Crippen MR) is 78.6 cm³/mol. The van der Waals surface area contributed by atoms with Crippen LogP contribution in [0.25, 0.3) is 0 Å². The van der Waals surface area contributed by atoms with Crippen molar-refractivity contribution in [2.75, 3.05) is 6.54 Å². The first-order valence-corrected chi connectivity index (χ1v) is 6.99. The van der Waals surface area contributed by atoms with Crippen LogP contribution in [-0.2, 0) is 0 Å². The molecule has 0 aliphatic rings. The molecular formula is C14H21BrN2O. The summed E-state index contributed by atoms with van der Waals surface area (Å²) in [5.74, 6) is 0.457. The van der Waals surface area contributed by atoms with Gasteiger partial charge in [-0.25, -0.2) is 0 Å². The van der Waals surface area contributed by atoms with Gasteiger partial charge in [0.2, 0.25) is 0 Å². The zero-order valence-corrected chi connectivity index (χ0v) is 12.8. The van der Waals surface area contributed by atoms with Crippen molar-refractivity contribution in [1.29, 1.82) is 0 Å². The molecule has 0 radical (unpaired) electrons. The number of halogens is 1. The molecule has 1 atom stereocenters. The fourth-order valence-electron chi connectivity index (χ4n) is 1.92. The third kappa shape index (κ3) is 4.78. The lowest BCUT2D eigenvalue weighted by atomic mass is 10.0. The lowest BCUT2D eigenvalue weighted by molar-refractivity contribution is 0.0933. The van der Waals surface area contributed by atoms with E-state index in [1.54, 1.807) is 0 Å². The molecule has 100 valence electrons. The highest BCUT2D eigenvalue weighted by Gasteiger charge is 2.14. The van der Waals surface area contributed by atoms with Crippen LogP contribution in [0.2, 0.25) is 0 Å². The Bertz CT molecular complexity index is 398. The number of nitrogens with one attached hydrogen (secondary N) is 1. The molecule has 1 unspecified atom stereocenters. The largest absolute Gasteiger partial charge is 0.348 e. The average Bonchev–Trinajstić information content (AvgIpc) is 2.26. The fraction of sp³-hybridized carbons (Fsp3) is 0.500. The lowest BCUT2D eigenvalue weighted by Gasteiger charge is -2.19. The van der Waals surface area contributed by atoms with E-state index in [2.05, 4.69) is 35.1 Å². The topological polar surface area (TPSA) is 55.1 Å².